The quantitative estimate of drug-likeness (QED) is 0.544. The Morgan fingerprint density at radius 2 is 2.29 bits per heavy atom. The molecule has 0 aliphatic carbocycles. The van der Waals surface area contributed by atoms with Crippen LogP contribution in [-0.4, -0.2) is 16.7 Å². The molecule has 0 unspecified atom stereocenters. The largest absolute Gasteiger partial charge is 0.396 e. The van der Waals surface area contributed by atoms with Crippen molar-refractivity contribution in [2.75, 3.05) is 6.61 Å². The topological polar surface area (TPSA) is 59.1 Å². The highest BCUT2D eigenvalue weighted by Gasteiger charge is 1.90. The van der Waals surface area contributed by atoms with Crippen LogP contribution in [0.15, 0.2) is 18.5 Å². The molecule has 0 atom stereocenters. The Balaban J connectivity index is 2.60. The average molecular weight is 190 g/mol. The lowest BCUT2D eigenvalue weighted by molar-refractivity contribution is 0.290. The first-order valence-corrected chi connectivity index (χ1v) is 4.60. The lowest BCUT2D eigenvalue weighted by Gasteiger charge is -1.95. The first-order chi connectivity index (χ1) is 6.86. The van der Waals surface area contributed by atoms with Crippen LogP contribution in [0.1, 0.15) is 24.0 Å². The number of aromatic nitrogens is 1. The number of hydrogen-bond acceptors (Lipinski definition) is 3. The van der Waals surface area contributed by atoms with Gasteiger partial charge in [0.2, 0.25) is 0 Å². The smallest absolute Gasteiger partial charge is 0.0440 e. The normalized spacial score (nSPS) is 9.29. The molecule has 1 heterocycles. The summed E-state index contributed by atoms with van der Waals surface area (Å²) in [5, 5.41) is 8.55. The molecule has 74 valence electrons. The fraction of sp³-hybridized carbons (Fsp3) is 0.364. The zero-order valence-corrected chi connectivity index (χ0v) is 8.03. The molecule has 1 aromatic rings. The van der Waals surface area contributed by atoms with Gasteiger partial charge in [0.25, 0.3) is 0 Å². The lowest BCUT2D eigenvalue weighted by Crippen LogP contribution is -1.97. The molecule has 1 rings (SSSR count). The average Bonchev–Trinajstić information content (AvgIpc) is 2.25. The van der Waals surface area contributed by atoms with E-state index in [4.69, 9.17) is 10.8 Å². The van der Waals surface area contributed by atoms with Crippen LogP contribution in [0, 0.1) is 11.8 Å². The van der Waals surface area contributed by atoms with Crippen LogP contribution in [0.2, 0.25) is 0 Å². The minimum Gasteiger partial charge on any atom is -0.396 e. The highest BCUT2D eigenvalue weighted by atomic mass is 16.2. The van der Waals surface area contributed by atoms with Crippen molar-refractivity contribution >= 4 is 0 Å². The Bertz CT molecular complexity index is 339. The highest BCUT2D eigenvalue weighted by molar-refractivity contribution is 5.34. The maximum absolute atomic E-state index is 8.55. The fourth-order valence-electron chi connectivity index (χ4n) is 1.000. The van der Waals surface area contributed by atoms with E-state index in [9.17, 15) is 0 Å². The Morgan fingerprint density at radius 1 is 1.43 bits per heavy atom. The van der Waals surface area contributed by atoms with Crippen LogP contribution >= 0.6 is 0 Å². The van der Waals surface area contributed by atoms with Gasteiger partial charge >= 0.3 is 0 Å². The lowest BCUT2D eigenvalue weighted by atomic mass is 10.2. The van der Waals surface area contributed by atoms with Crippen molar-refractivity contribution in [1.82, 2.24) is 4.98 Å². The summed E-state index contributed by atoms with van der Waals surface area (Å²) >= 11 is 0. The molecule has 0 aliphatic rings. The van der Waals surface area contributed by atoms with Crippen LogP contribution in [0.4, 0.5) is 0 Å². The van der Waals surface area contributed by atoms with Gasteiger partial charge in [-0.15, -0.1) is 0 Å². The summed E-state index contributed by atoms with van der Waals surface area (Å²) in [7, 11) is 0. The summed E-state index contributed by atoms with van der Waals surface area (Å²) < 4.78 is 0. The van der Waals surface area contributed by atoms with Crippen LogP contribution in [0.25, 0.3) is 0 Å². The van der Waals surface area contributed by atoms with E-state index in [-0.39, 0.29) is 6.61 Å². The molecule has 1 aromatic heterocycles. The second-order valence-corrected chi connectivity index (χ2v) is 2.91. The summed E-state index contributed by atoms with van der Waals surface area (Å²) in [5.74, 6) is 5.94. The number of hydrogen-bond donors (Lipinski definition) is 2. The molecule has 0 aliphatic heterocycles. The van der Waals surface area contributed by atoms with E-state index in [1.54, 1.807) is 12.4 Å². The molecule has 3 N–H and O–H groups in total. The molecule has 0 aromatic carbocycles. The van der Waals surface area contributed by atoms with E-state index >= 15 is 0 Å². The third-order valence-corrected chi connectivity index (χ3v) is 1.72. The van der Waals surface area contributed by atoms with Crippen molar-refractivity contribution in [3.63, 3.8) is 0 Å². The summed E-state index contributed by atoms with van der Waals surface area (Å²) in [6, 6.07) is 1.93. The second-order valence-electron chi connectivity index (χ2n) is 2.91. The molecule has 0 bridgehead atoms. The van der Waals surface area contributed by atoms with E-state index in [0.717, 1.165) is 17.5 Å². The molecule has 14 heavy (non-hydrogen) atoms. The van der Waals surface area contributed by atoms with Gasteiger partial charge < -0.3 is 10.8 Å². The number of aliphatic hydroxyl groups excluding tert-OH is 1. The molecule has 3 nitrogen and oxygen atoms in total. The molecule has 0 amide bonds. The minimum absolute atomic E-state index is 0.190. The van der Waals surface area contributed by atoms with Crippen molar-refractivity contribution in [3.05, 3.63) is 29.6 Å². The highest BCUT2D eigenvalue weighted by Crippen LogP contribution is 2.00. The Hall–Kier alpha value is -1.37. The predicted molar refractivity (Wildman–Crippen MR) is 55.3 cm³/mol. The molecule has 0 radical (unpaired) electrons. The Kier molecular flexibility index (Phi) is 4.70. The number of unbranched alkanes of at least 4 members (excludes halogenated alkanes) is 1. The molecule has 0 spiro atoms. The van der Waals surface area contributed by atoms with Crippen molar-refractivity contribution in [2.24, 2.45) is 5.73 Å². The third-order valence-electron chi connectivity index (χ3n) is 1.72. The number of nitrogens with two attached hydrogens (primary N) is 1. The van der Waals surface area contributed by atoms with Gasteiger partial charge in [0.1, 0.15) is 0 Å². The number of pyridine rings is 1. The third kappa shape index (κ3) is 3.56. The van der Waals surface area contributed by atoms with Crippen molar-refractivity contribution in [3.8, 4) is 11.8 Å². The predicted octanol–water partition coefficient (Wildman–Crippen LogP) is 0.664. The van der Waals surface area contributed by atoms with Gasteiger partial charge in [-0.2, -0.15) is 0 Å². The molecule has 0 fully saturated rings. The zero-order valence-electron chi connectivity index (χ0n) is 8.03. The molecule has 0 saturated carbocycles. The Morgan fingerprint density at radius 3 is 3.00 bits per heavy atom. The van der Waals surface area contributed by atoms with Crippen molar-refractivity contribution in [1.29, 1.82) is 0 Å². The van der Waals surface area contributed by atoms with Crippen LogP contribution in [0.3, 0.4) is 0 Å². The molecule has 0 saturated heterocycles. The number of aliphatic hydroxyl groups is 1. The van der Waals surface area contributed by atoms with Gasteiger partial charge in [-0.05, 0) is 18.1 Å². The standard InChI is InChI=1S/C11H14N2O/c12-7-11-6-10(8-13-9-11)4-2-1-3-5-14/h6,8-9,14H,1,3,5,7,12H2. The zero-order chi connectivity index (χ0) is 10.2. The first kappa shape index (κ1) is 10.7. The SMILES string of the molecule is NCc1cncc(C#CCCCO)c1. The summed E-state index contributed by atoms with van der Waals surface area (Å²) in [6.45, 7) is 0.676. The number of rotatable bonds is 3. The molecule has 3 heteroatoms. The van der Waals surface area contributed by atoms with Crippen molar-refractivity contribution < 1.29 is 5.11 Å². The molecular formula is C11H14N2O. The maximum atomic E-state index is 8.55. The van der Waals surface area contributed by atoms with Crippen molar-refractivity contribution in [2.45, 2.75) is 19.4 Å². The minimum atomic E-state index is 0.190. The van der Waals surface area contributed by atoms with Gasteiger partial charge in [0.05, 0.1) is 0 Å². The van der Waals surface area contributed by atoms with Gasteiger partial charge in [0.15, 0.2) is 0 Å². The van der Waals surface area contributed by atoms with E-state index in [0.29, 0.717) is 13.0 Å². The molecular weight excluding hydrogens is 176 g/mol. The summed E-state index contributed by atoms with van der Waals surface area (Å²) in [5.41, 5.74) is 7.34. The van der Waals surface area contributed by atoms with Gasteiger partial charge in [-0.1, -0.05) is 11.8 Å². The summed E-state index contributed by atoms with van der Waals surface area (Å²) in [4.78, 5) is 4.02. The van der Waals surface area contributed by atoms with E-state index < -0.39 is 0 Å². The fourth-order valence-corrected chi connectivity index (χ4v) is 1.000. The maximum Gasteiger partial charge on any atom is 0.0440 e. The second kappa shape index (κ2) is 6.14. The monoisotopic (exact) mass is 190 g/mol. The number of nitrogens with zero attached hydrogens (tertiary/aromatic N) is 1. The van der Waals surface area contributed by atoms with Gasteiger partial charge in [-0.3, -0.25) is 4.98 Å². The Labute approximate surface area is 84.0 Å². The van der Waals surface area contributed by atoms with Gasteiger partial charge in [-0.25, -0.2) is 0 Å². The van der Waals surface area contributed by atoms with E-state index in [1.807, 2.05) is 6.07 Å². The first-order valence-electron chi connectivity index (χ1n) is 4.60. The van der Waals surface area contributed by atoms with Gasteiger partial charge in [0, 0.05) is 37.5 Å². The van der Waals surface area contributed by atoms with Crippen LogP contribution < -0.4 is 5.73 Å². The summed E-state index contributed by atoms with van der Waals surface area (Å²) in [6.07, 6.45) is 4.88. The van der Waals surface area contributed by atoms with E-state index in [2.05, 4.69) is 16.8 Å². The van der Waals surface area contributed by atoms with E-state index in [1.165, 1.54) is 0 Å². The van der Waals surface area contributed by atoms with Crippen LogP contribution in [-0.2, 0) is 6.54 Å². The van der Waals surface area contributed by atoms with Crippen LogP contribution in [0.5, 0.6) is 0 Å².